The fourth-order valence-corrected chi connectivity index (χ4v) is 2.91. The fraction of sp³-hybridized carbons (Fsp3) is 0.562. The Morgan fingerprint density at radius 2 is 1.89 bits per heavy atom. The van der Waals surface area contributed by atoms with Crippen LogP contribution in [0.4, 0.5) is 0 Å². The number of aryl methyl sites for hydroxylation is 1. The highest BCUT2D eigenvalue weighted by Gasteiger charge is 2.16. The molecule has 2 aromatic rings. The first-order valence-corrected chi connectivity index (χ1v) is 7.14. The van der Waals surface area contributed by atoms with Crippen LogP contribution in [0.5, 0.6) is 0 Å². The Hall–Kier alpha value is -1.35. The van der Waals surface area contributed by atoms with Gasteiger partial charge in [-0.15, -0.1) is 0 Å². The number of benzene rings is 1. The van der Waals surface area contributed by atoms with Crippen molar-refractivity contribution in [3.63, 3.8) is 0 Å². The lowest BCUT2D eigenvalue weighted by atomic mass is 9.88. The van der Waals surface area contributed by atoms with Gasteiger partial charge in [0.05, 0.1) is 11.0 Å². The van der Waals surface area contributed by atoms with Gasteiger partial charge < -0.3 is 10.3 Å². The molecule has 2 N–H and O–H groups in total. The molecule has 0 saturated heterocycles. The second kappa shape index (κ2) is 5.33. The van der Waals surface area contributed by atoms with Crippen LogP contribution < -0.4 is 5.73 Å². The molecule has 0 amide bonds. The summed E-state index contributed by atoms with van der Waals surface area (Å²) in [6, 6.07) is 7.04. The van der Waals surface area contributed by atoms with Crippen molar-refractivity contribution in [2.24, 2.45) is 11.7 Å². The molecule has 1 unspecified atom stereocenters. The summed E-state index contributed by atoms with van der Waals surface area (Å²) >= 11 is 0. The van der Waals surface area contributed by atoms with E-state index in [0.29, 0.717) is 24.4 Å². The maximum absolute atomic E-state index is 5.91. The van der Waals surface area contributed by atoms with E-state index in [1.165, 1.54) is 11.1 Å². The Kier molecular flexibility index (Phi) is 3.95. The van der Waals surface area contributed by atoms with E-state index in [9.17, 15) is 0 Å². The molecule has 0 aliphatic carbocycles. The molecule has 19 heavy (non-hydrogen) atoms. The summed E-state index contributed by atoms with van der Waals surface area (Å²) in [7, 11) is 0. The molecule has 0 saturated carbocycles. The zero-order valence-electron chi connectivity index (χ0n) is 12.6. The average molecular weight is 259 g/mol. The normalized spacial score (nSPS) is 13.7. The molecule has 0 fully saturated rings. The Morgan fingerprint density at radius 1 is 1.21 bits per heavy atom. The molecule has 3 nitrogen and oxygen atoms in total. The number of nitrogens with zero attached hydrogens (tertiary/aromatic N) is 2. The quantitative estimate of drug-likeness (QED) is 0.911. The van der Waals surface area contributed by atoms with Crippen LogP contribution in [0, 0.1) is 12.8 Å². The van der Waals surface area contributed by atoms with Gasteiger partial charge in [-0.1, -0.05) is 19.9 Å². The number of hydrogen-bond acceptors (Lipinski definition) is 2. The van der Waals surface area contributed by atoms with Gasteiger partial charge in [-0.25, -0.2) is 4.98 Å². The third kappa shape index (κ3) is 2.52. The lowest BCUT2D eigenvalue weighted by Gasteiger charge is -2.19. The summed E-state index contributed by atoms with van der Waals surface area (Å²) in [5.74, 6) is 2.04. The minimum atomic E-state index is 0.411. The highest BCUT2D eigenvalue weighted by Crippen LogP contribution is 2.28. The SMILES string of the molecule is Cc1nc2cc(C(CN)C(C)C)ccc2n1C(C)C. The van der Waals surface area contributed by atoms with Gasteiger partial charge in [0.15, 0.2) is 0 Å². The van der Waals surface area contributed by atoms with Gasteiger partial charge in [0, 0.05) is 6.04 Å². The van der Waals surface area contributed by atoms with Gasteiger partial charge in [-0.2, -0.15) is 0 Å². The molecule has 0 radical (unpaired) electrons. The van der Waals surface area contributed by atoms with E-state index in [0.717, 1.165) is 11.3 Å². The van der Waals surface area contributed by atoms with Crippen molar-refractivity contribution in [2.75, 3.05) is 6.54 Å². The third-order valence-corrected chi connectivity index (χ3v) is 3.89. The smallest absolute Gasteiger partial charge is 0.106 e. The van der Waals surface area contributed by atoms with E-state index >= 15 is 0 Å². The van der Waals surface area contributed by atoms with E-state index in [-0.39, 0.29) is 0 Å². The van der Waals surface area contributed by atoms with Crippen LogP contribution in [-0.2, 0) is 0 Å². The van der Waals surface area contributed by atoms with Crippen molar-refractivity contribution < 1.29 is 0 Å². The molecule has 3 heteroatoms. The Morgan fingerprint density at radius 3 is 2.42 bits per heavy atom. The number of nitrogens with two attached hydrogens (primary N) is 1. The number of fused-ring (bicyclic) bond motifs is 1. The summed E-state index contributed by atoms with van der Waals surface area (Å²) in [6.45, 7) is 11.6. The zero-order valence-corrected chi connectivity index (χ0v) is 12.6. The maximum atomic E-state index is 5.91. The molecule has 2 rings (SSSR count). The first-order valence-electron chi connectivity index (χ1n) is 7.14. The van der Waals surface area contributed by atoms with Crippen LogP contribution in [0.25, 0.3) is 11.0 Å². The van der Waals surface area contributed by atoms with E-state index in [4.69, 9.17) is 10.7 Å². The van der Waals surface area contributed by atoms with E-state index in [1.807, 2.05) is 0 Å². The summed E-state index contributed by atoms with van der Waals surface area (Å²) < 4.78 is 2.28. The molecule has 1 heterocycles. The van der Waals surface area contributed by atoms with Crippen LogP contribution in [0.1, 0.15) is 51.0 Å². The van der Waals surface area contributed by atoms with E-state index in [1.54, 1.807) is 0 Å². The van der Waals surface area contributed by atoms with Crippen molar-refractivity contribution >= 4 is 11.0 Å². The second-order valence-corrected chi connectivity index (χ2v) is 5.96. The third-order valence-electron chi connectivity index (χ3n) is 3.89. The predicted molar refractivity (Wildman–Crippen MR) is 81.5 cm³/mol. The van der Waals surface area contributed by atoms with Crippen LogP contribution in [0.3, 0.4) is 0 Å². The zero-order chi connectivity index (χ0) is 14.2. The Balaban J connectivity index is 2.53. The standard InChI is InChI=1S/C16H25N3/c1-10(2)14(9-17)13-6-7-16-15(8-13)18-12(5)19(16)11(3)4/h6-8,10-11,14H,9,17H2,1-5H3. The molecular weight excluding hydrogens is 234 g/mol. The number of imidazole rings is 1. The topological polar surface area (TPSA) is 43.8 Å². The summed E-state index contributed by atoms with van der Waals surface area (Å²) in [5, 5.41) is 0. The molecule has 1 atom stereocenters. The predicted octanol–water partition coefficient (Wildman–Crippen LogP) is 3.62. The Labute approximate surface area is 115 Å². The van der Waals surface area contributed by atoms with Crippen LogP contribution in [0.2, 0.25) is 0 Å². The number of hydrogen-bond donors (Lipinski definition) is 1. The molecular formula is C16H25N3. The lowest BCUT2D eigenvalue weighted by Crippen LogP contribution is -2.17. The van der Waals surface area contributed by atoms with Crippen molar-refractivity contribution in [3.8, 4) is 0 Å². The van der Waals surface area contributed by atoms with E-state index < -0.39 is 0 Å². The molecule has 0 aliphatic heterocycles. The van der Waals surface area contributed by atoms with E-state index in [2.05, 4.69) is 57.4 Å². The number of aromatic nitrogens is 2. The molecule has 1 aromatic heterocycles. The summed E-state index contributed by atoms with van der Waals surface area (Å²) in [6.07, 6.45) is 0. The molecule has 0 spiro atoms. The average Bonchev–Trinajstić information content (AvgIpc) is 2.64. The molecule has 1 aromatic carbocycles. The monoisotopic (exact) mass is 259 g/mol. The van der Waals surface area contributed by atoms with Gasteiger partial charge >= 0.3 is 0 Å². The fourth-order valence-electron chi connectivity index (χ4n) is 2.91. The van der Waals surface area contributed by atoms with Gasteiger partial charge in [0.1, 0.15) is 5.82 Å². The molecule has 104 valence electrons. The first kappa shape index (κ1) is 14.1. The minimum absolute atomic E-state index is 0.411. The van der Waals surface area contributed by atoms with Crippen LogP contribution >= 0.6 is 0 Å². The van der Waals surface area contributed by atoms with Crippen LogP contribution in [0.15, 0.2) is 18.2 Å². The van der Waals surface area contributed by atoms with Crippen molar-refractivity contribution in [3.05, 3.63) is 29.6 Å². The maximum Gasteiger partial charge on any atom is 0.106 e. The van der Waals surface area contributed by atoms with Gasteiger partial charge in [-0.3, -0.25) is 0 Å². The summed E-state index contributed by atoms with van der Waals surface area (Å²) in [4.78, 5) is 4.69. The Bertz CT molecular complexity index is 567. The summed E-state index contributed by atoms with van der Waals surface area (Å²) in [5.41, 5.74) is 9.52. The largest absolute Gasteiger partial charge is 0.330 e. The van der Waals surface area contributed by atoms with Crippen molar-refractivity contribution in [2.45, 2.75) is 46.6 Å². The number of rotatable bonds is 4. The minimum Gasteiger partial charge on any atom is -0.330 e. The molecule has 0 aliphatic rings. The second-order valence-electron chi connectivity index (χ2n) is 5.96. The van der Waals surface area contributed by atoms with Crippen molar-refractivity contribution in [1.82, 2.24) is 9.55 Å². The van der Waals surface area contributed by atoms with Gasteiger partial charge in [0.25, 0.3) is 0 Å². The van der Waals surface area contributed by atoms with Gasteiger partial charge in [0.2, 0.25) is 0 Å². The highest BCUT2D eigenvalue weighted by molar-refractivity contribution is 5.77. The highest BCUT2D eigenvalue weighted by atomic mass is 15.1. The van der Waals surface area contributed by atoms with Crippen molar-refractivity contribution in [1.29, 1.82) is 0 Å². The van der Waals surface area contributed by atoms with Crippen LogP contribution in [-0.4, -0.2) is 16.1 Å². The lowest BCUT2D eigenvalue weighted by molar-refractivity contribution is 0.506. The van der Waals surface area contributed by atoms with Gasteiger partial charge in [-0.05, 0) is 56.8 Å². The first-order chi connectivity index (χ1) is 8.95. The molecule has 0 bridgehead atoms.